The van der Waals surface area contributed by atoms with Gasteiger partial charge in [0.05, 0.1) is 12.2 Å². The number of rotatable bonds is 6. The fourth-order valence-electron chi connectivity index (χ4n) is 3.48. The lowest BCUT2D eigenvalue weighted by atomic mass is 10.1. The van der Waals surface area contributed by atoms with Crippen LogP contribution < -0.4 is 10.1 Å². The quantitative estimate of drug-likeness (QED) is 0.684. The Morgan fingerprint density at radius 1 is 1.11 bits per heavy atom. The highest BCUT2D eigenvalue weighted by molar-refractivity contribution is 5.92. The molecule has 1 aliphatic carbocycles. The Bertz CT molecular complexity index is 947. The molecule has 3 aromatic rings. The van der Waals surface area contributed by atoms with Crippen LogP contribution in [0.4, 0.5) is 0 Å². The minimum Gasteiger partial charge on any atom is -0.492 e. The highest BCUT2D eigenvalue weighted by atomic mass is 16.5. The van der Waals surface area contributed by atoms with Gasteiger partial charge in [0.1, 0.15) is 12.4 Å². The normalized spacial score (nSPS) is 12.6. The van der Waals surface area contributed by atoms with Crippen molar-refractivity contribution in [3.8, 4) is 11.4 Å². The first-order valence-corrected chi connectivity index (χ1v) is 9.35. The zero-order chi connectivity index (χ0) is 18.6. The molecule has 5 nitrogen and oxygen atoms in total. The van der Waals surface area contributed by atoms with Crippen molar-refractivity contribution in [3.63, 3.8) is 0 Å². The van der Waals surface area contributed by atoms with Gasteiger partial charge < -0.3 is 10.1 Å². The van der Waals surface area contributed by atoms with Gasteiger partial charge in [-0.2, -0.15) is 5.10 Å². The van der Waals surface area contributed by atoms with Crippen LogP contribution in [0.2, 0.25) is 0 Å². The number of hydrogen-bond acceptors (Lipinski definition) is 3. The Hall–Kier alpha value is -3.08. The summed E-state index contributed by atoms with van der Waals surface area (Å²) in [5, 5.41) is 7.29. The number of nitrogens with one attached hydrogen (secondary N) is 1. The maximum atomic E-state index is 12.4. The number of hydrogen-bond donors (Lipinski definition) is 1. The first-order chi connectivity index (χ1) is 13.2. The molecule has 0 bridgehead atoms. The molecule has 1 heterocycles. The van der Waals surface area contributed by atoms with Crippen LogP contribution in [0.5, 0.6) is 5.75 Å². The summed E-state index contributed by atoms with van der Waals surface area (Å²) < 4.78 is 7.55. The lowest BCUT2D eigenvalue weighted by molar-refractivity contribution is 0.0941. The smallest absolute Gasteiger partial charge is 0.271 e. The molecule has 27 heavy (non-hydrogen) atoms. The van der Waals surface area contributed by atoms with Crippen LogP contribution in [0.3, 0.4) is 0 Å². The van der Waals surface area contributed by atoms with E-state index in [1.807, 2.05) is 43.3 Å². The van der Waals surface area contributed by atoms with Crippen molar-refractivity contribution >= 4 is 5.91 Å². The minimum atomic E-state index is -0.190. The molecule has 0 radical (unpaired) electrons. The third-order valence-electron chi connectivity index (χ3n) is 4.85. The average molecular weight is 361 g/mol. The molecule has 2 aromatic carbocycles. The molecule has 0 fully saturated rings. The number of benzene rings is 2. The Balaban J connectivity index is 1.31. The van der Waals surface area contributed by atoms with E-state index in [0.717, 1.165) is 23.6 Å². The second kappa shape index (κ2) is 7.66. The van der Waals surface area contributed by atoms with Crippen molar-refractivity contribution in [1.82, 2.24) is 15.1 Å². The fraction of sp³-hybridized carbons (Fsp3) is 0.273. The Labute approximate surface area is 159 Å². The van der Waals surface area contributed by atoms with Gasteiger partial charge in [0, 0.05) is 5.69 Å². The van der Waals surface area contributed by atoms with Crippen molar-refractivity contribution in [2.75, 3.05) is 13.2 Å². The topological polar surface area (TPSA) is 56.1 Å². The van der Waals surface area contributed by atoms with E-state index in [1.165, 1.54) is 24.0 Å². The molecule has 1 aromatic heterocycles. The van der Waals surface area contributed by atoms with Crippen molar-refractivity contribution in [2.45, 2.75) is 26.2 Å². The van der Waals surface area contributed by atoms with Crippen LogP contribution in [0.1, 0.15) is 33.7 Å². The van der Waals surface area contributed by atoms with Gasteiger partial charge in [0.2, 0.25) is 0 Å². The highest BCUT2D eigenvalue weighted by Gasteiger charge is 2.13. The second-order valence-corrected chi connectivity index (χ2v) is 6.81. The van der Waals surface area contributed by atoms with Crippen LogP contribution in [0, 0.1) is 6.92 Å². The molecular weight excluding hydrogens is 338 g/mol. The predicted octanol–water partition coefficient (Wildman–Crippen LogP) is 3.48. The van der Waals surface area contributed by atoms with Gasteiger partial charge in [0.15, 0.2) is 5.69 Å². The molecule has 1 amide bonds. The second-order valence-electron chi connectivity index (χ2n) is 6.81. The van der Waals surface area contributed by atoms with Crippen LogP contribution in [0.15, 0.2) is 54.6 Å². The maximum absolute atomic E-state index is 12.4. The van der Waals surface area contributed by atoms with Crippen molar-refractivity contribution in [2.24, 2.45) is 0 Å². The van der Waals surface area contributed by atoms with Gasteiger partial charge in [-0.25, -0.2) is 4.68 Å². The average Bonchev–Trinajstić information content (AvgIpc) is 3.32. The first kappa shape index (κ1) is 17.3. The molecule has 0 unspecified atom stereocenters. The first-order valence-electron chi connectivity index (χ1n) is 9.35. The standard InChI is InChI=1S/C22H23N3O2/c1-16-14-21(24-25(16)19-8-3-2-4-9-19)22(26)23-12-13-27-20-11-10-17-6-5-7-18(17)15-20/h2-4,8-11,14-15H,5-7,12-13H2,1H3,(H,23,26). The summed E-state index contributed by atoms with van der Waals surface area (Å²) in [6.07, 6.45) is 3.53. The summed E-state index contributed by atoms with van der Waals surface area (Å²) in [4.78, 5) is 12.4. The van der Waals surface area contributed by atoms with E-state index in [4.69, 9.17) is 4.74 Å². The molecule has 138 valence electrons. The Morgan fingerprint density at radius 2 is 1.93 bits per heavy atom. The third kappa shape index (κ3) is 3.87. The van der Waals surface area contributed by atoms with E-state index in [1.54, 1.807) is 10.7 Å². The SMILES string of the molecule is Cc1cc(C(=O)NCCOc2ccc3c(c2)CCC3)nn1-c1ccccc1. The number of aromatic nitrogens is 2. The van der Waals surface area contributed by atoms with Crippen molar-refractivity contribution < 1.29 is 9.53 Å². The Morgan fingerprint density at radius 3 is 2.78 bits per heavy atom. The number of ether oxygens (including phenoxy) is 1. The van der Waals surface area contributed by atoms with Gasteiger partial charge in [-0.05, 0) is 67.6 Å². The summed E-state index contributed by atoms with van der Waals surface area (Å²) in [5.74, 6) is 0.680. The van der Waals surface area contributed by atoms with Crippen LogP contribution >= 0.6 is 0 Å². The zero-order valence-electron chi connectivity index (χ0n) is 15.4. The lowest BCUT2D eigenvalue weighted by Gasteiger charge is -2.08. The summed E-state index contributed by atoms with van der Waals surface area (Å²) >= 11 is 0. The van der Waals surface area contributed by atoms with E-state index in [2.05, 4.69) is 22.5 Å². The van der Waals surface area contributed by atoms with E-state index in [-0.39, 0.29) is 5.91 Å². The summed E-state index contributed by atoms with van der Waals surface area (Å²) in [7, 11) is 0. The van der Waals surface area contributed by atoms with Crippen LogP contribution in [-0.2, 0) is 12.8 Å². The van der Waals surface area contributed by atoms with Gasteiger partial charge in [-0.3, -0.25) is 4.79 Å². The summed E-state index contributed by atoms with van der Waals surface area (Å²) in [6.45, 7) is 2.81. The number of carbonyl (C=O) groups is 1. The van der Waals surface area contributed by atoms with E-state index < -0.39 is 0 Å². The predicted molar refractivity (Wildman–Crippen MR) is 105 cm³/mol. The van der Waals surface area contributed by atoms with E-state index in [0.29, 0.717) is 18.8 Å². The van der Waals surface area contributed by atoms with Crippen molar-refractivity contribution in [3.05, 3.63) is 77.1 Å². The molecule has 0 saturated carbocycles. The number of carbonyl (C=O) groups excluding carboxylic acids is 1. The maximum Gasteiger partial charge on any atom is 0.271 e. The van der Waals surface area contributed by atoms with E-state index in [9.17, 15) is 4.79 Å². The number of fused-ring (bicyclic) bond motifs is 1. The van der Waals surface area contributed by atoms with Gasteiger partial charge >= 0.3 is 0 Å². The molecule has 0 atom stereocenters. The van der Waals surface area contributed by atoms with Gasteiger partial charge in [-0.1, -0.05) is 24.3 Å². The molecule has 0 spiro atoms. The third-order valence-corrected chi connectivity index (χ3v) is 4.85. The molecule has 0 saturated heterocycles. The highest BCUT2D eigenvalue weighted by Crippen LogP contribution is 2.25. The van der Waals surface area contributed by atoms with Crippen LogP contribution in [0.25, 0.3) is 5.69 Å². The lowest BCUT2D eigenvalue weighted by Crippen LogP contribution is -2.28. The molecule has 5 heteroatoms. The molecular formula is C22H23N3O2. The number of para-hydroxylation sites is 1. The monoisotopic (exact) mass is 361 g/mol. The van der Waals surface area contributed by atoms with Gasteiger partial charge in [0.25, 0.3) is 5.91 Å². The zero-order valence-corrected chi connectivity index (χ0v) is 15.4. The molecule has 1 aliphatic rings. The summed E-state index contributed by atoms with van der Waals surface area (Å²) in [5.41, 5.74) is 5.09. The fourth-order valence-corrected chi connectivity index (χ4v) is 3.48. The van der Waals surface area contributed by atoms with Crippen molar-refractivity contribution in [1.29, 1.82) is 0 Å². The number of amides is 1. The van der Waals surface area contributed by atoms with Gasteiger partial charge in [-0.15, -0.1) is 0 Å². The molecule has 4 rings (SSSR count). The Kier molecular flexibility index (Phi) is 4.92. The van der Waals surface area contributed by atoms with Crippen LogP contribution in [-0.4, -0.2) is 28.8 Å². The number of nitrogens with zero attached hydrogens (tertiary/aromatic N) is 2. The van der Waals surface area contributed by atoms with E-state index >= 15 is 0 Å². The molecule has 0 aliphatic heterocycles. The molecule has 1 N–H and O–H groups in total. The number of aryl methyl sites for hydroxylation is 3. The summed E-state index contributed by atoms with van der Waals surface area (Å²) in [6, 6.07) is 17.9. The minimum absolute atomic E-state index is 0.190. The largest absolute Gasteiger partial charge is 0.492 e.